The molecular formula is C19H21N3O2. The number of hydrogen-bond acceptors (Lipinski definition) is 2. The van der Waals surface area contributed by atoms with Gasteiger partial charge in [0.1, 0.15) is 6.04 Å². The molecule has 3 rings (SSSR count). The topological polar surface area (TPSA) is 61.4 Å². The van der Waals surface area contributed by atoms with Crippen molar-refractivity contribution in [1.29, 1.82) is 0 Å². The van der Waals surface area contributed by atoms with Crippen molar-refractivity contribution < 1.29 is 9.59 Å². The van der Waals surface area contributed by atoms with E-state index in [1.54, 1.807) is 4.90 Å². The molecule has 0 unspecified atom stereocenters. The summed E-state index contributed by atoms with van der Waals surface area (Å²) in [6.07, 6.45) is 1.45. The Hall–Kier alpha value is -2.82. The second-order valence-electron chi connectivity index (χ2n) is 5.83. The van der Waals surface area contributed by atoms with Gasteiger partial charge in [-0.3, -0.25) is 9.69 Å². The van der Waals surface area contributed by atoms with Gasteiger partial charge in [0.05, 0.1) is 11.4 Å². The molecule has 0 saturated carbocycles. The van der Waals surface area contributed by atoms with Crippen LogP contribution in [0.5, 0.6) is 0 Å². The molecule has 2 aromatic rings. The molecule has 3 amide bonds. The number of nitrogens with zero attached hydrogens (tertiary/aromatic N) is 1. The van der Waals surface area contributed by atoms with Gasteiger partial charge >= 0.3 is 6.03 Å². The summed E-state index contributed by atoms with van der Waals surface area (Å²) < 4.78 is 0. The molecule has 1 aliphatic rings. The minimum atomic E-state index is -0.485. The number of benzene rings is 2. The van der Waals surface area contributed by atoms with E-state index in [9.17, 15) is 9.59 Å². The van der Waals surface area contributed by atoms with Crippen molar-refractivity contribution in [2.24, 2.45) is 0 Å². The van der Waals surface area contributed by atoms with Crippen molar-refractivity contribution in [3.05, 3.63) is 60.2 Å². The molecule has 1 heterocycles. The van der Waals surface area contributed by atoms with Crippen LogP contribution >= 0.6 is 0 Å². The molecule has 124 valence electrons. The molecule has 0 aliphatic carbocycles. The monoisotopic (exact) mass is 323 g/mol. The summed E-state index contributed by atoms with van der Waals surface area (Å²) in [5, 5.41) is 5.82. The fourth-order valence-corrected chi connectivity index (χ4v) is 2.93. The second-order valence-corrected chi connectivity index (χ2v) is 5.83. The maximum Gasteiger partial charge on any atom is 0.322 e. The molecular weight excluding hydrogens is 302 g/mol. The summed E-state index contributed by atoms with van der Waals surface area (Å²) in [5.74, 6) is -0.134. The third-order valence-electron chi connectivity index (χ3n) is 4.10. The highest BCUT2D eigenvalue weighted by Crippen LogP contribution is 2.33. The van der Waals surface area contributed by atoms with Gasteiger partial charge in [-0.2, -0.15) is 0 Å². The average molecular weight is 323 g/mol. The number of carbonyl (C=O) groups excluding carboxylic acids is 2. The van der Waals surface area contributed by atoms with E-state index in [2.05, 4.69) is 10.6 Å². The Labute approximate surface area is 141 Å². The number of carbonyl (C=O) groups is 2. The van der Waals surface area contributed by atoms with Crippen molar-refractivity contribution in [3.63, 3.8) is 0 Å². The molecule has 1 aliphatic heterocycles. The lowest BCUT2D eigenvalue weighted by atomic mass is 10.0. The highest BCUT2D eigenvalue weighted by Gasteiger charge is 2.35. The van der Waals surface area contributed by atoms with Crippen LogP contribution in [0.4, 0.5) is 16.2 Å². The number of amides is 3. The maximum atomic E-state index is 12.8. The van der Waals surface area contributed by atoms with E-state index < -0.39 is 6.04 Å². The summed E-state index contributed by atoms with van der Waals surface area (Å²) >= 11 is 0. The van der Waals surface area contributed by atoms with E-state index in [-0.39, 0.29) is 11.9 Å². The summed E-state index contributed by atoms with van der Waals surface area (Å²) in [4.78, 5) is 26.8. The Morgan fingerprint density at radius 3 is 2.58 bits per heavy atom. The van der Waals surface area contributed by atoms with Crippen molar-refractivity contribution in [1.82, 2.24) is 5.32 Å². The summed E-state index contributed by atoms with van der Waals surface area (Å²) in [6.45, 7) is 2.44. The number of anilines is 2. The molecule has 0 radical (unpaired) electrons. The van der Waals surface area contributed by atoms with Crippen LogP contribution < -0.4 is 15.5 Å². The van der Waals surface area contributed by atoms with Crippen LogP contribution in [-0.2, 0) is 11.3 Å². The fraction of sp³-hybridized carbons (Fsp3) is 0.263. The number of fused-ring (bicyclic) bond motifs is 1. The third kappa shape index (κ3) is 3.25. The number of para-hydroxylation sites is 2. The smallest absolute Gasteiger partial charge is 0.322 e. The van der Waals surface area contributed by atoms with Crippen LogP contribution in [0.15, 0.2) is 54.6 Å². The van der Waals surface area contributed by atoms with Gasteiger partial charge in [-0.25, -0.2) is 4.79 Å². The molecule has 5 nitrogen and oxygen atoms in total. The lowest BCUT2D eigenvalue weighted by molar-refractivity contribution is -0.117. The van der Waals surface area contributed by atoms with Gasteiger partial charge in [0.2, 0.25) is 5.91 Å². The van der Waals surface area contributed by atoms with Gasteiger partial charge in [0, 0.05) is 6.54 Å². The van der Waals surface area contributed by atoms with Crippen molar-refractivity contribution in [3.8, 4) is 0 Å². The molecule has 0 bridgehead atoms. The number of hydrogen-bond donors (Lipinski definition) is 2. The Morgan fingerprint density at radius 1 is 1.12 bits per heavy atom. The van der Waals surface area contributed by atoms with E-state index in [1.807, 2.05) is 61.5 Å². The lowest BCUT2D eigenvalue weighted by Crippen LogP contribution is -2.54. The minimum Gasteiger partial charge on any atom is -0.334 e. The quantitative estimate of drug-likeness (QED) is 0.904. The number of urea groups is 1. The number of nitrogens with one attached hydrogen (secondary N) is 2. The zero-order chi connectivity index (χ0) is 16.9. The lowest BCUT2D eigenvalue weighted by Gasteiger charge is -2.36. The Morgan fingerprint density at radius 2 is 1.83 bits per heavy atom. The molecule has 5 heteroatoms. The fourth-order valence-electron chi connectivity index (χ4n) is 2.93. The first-order valence-electron chi connectivity index (χ1n) is 8.21. The summed E-state index contributed by atoms with van der Waals surface area (Å²) in [7, 11) is 0. The Kier molecular flexibility index (Phi) is 4.79. The average Bonchev–Trinajstić information content (AvgIpc) is 2.61. The highest BCUT2D eigenvalue weighted by atomic mass is 16.2. The van der Waals surface area contributed by atoms with E-state index >= 15 is 0 Å². The van der Waals surface area contributed by atoms with E-state index in [1.165, 1.54) is 0 Å². The van der Waals surface area contributed by atoms with Gasteiger partial charge in [-0.05, 0) is 24.1 Å². The largest absolute Gasteiger partial charge is 0.334 e. The molecule has 24 heavy (non-hydrogen) atoms. The molecule has 0 fully saturated rings. The van der Waals surface area contributed by atoms with Crippen LogP contribution in [0.1, 0.15) is 25.3 Å². The van der Waals surface area contributed by atoms with E-state index in [0.717, 1.165) is 17.7 Å². The number of rotatable bonds is 4. The zero-order valence-electron chi connectivity index (χ0n) is 13.7. The molecule has 0 aromatic heterocycles. The Bertz CT molecular complexity index is 730. The van der Waals surface area contributed by atoms with Gasteiger partial charge in [0.25, 0.3) is 0 Å². The van der Waals surface area contributed by atoms with Crippen LogP contribution in [0.2, 0.25) is 0 Å². The minimum absolute atomic E-state index is 0.134. The third-order valence-corrected chi connectivity index (χ3v) is 4.10. The van der Waals surface area contributed by atoms with Crippen LogP contribution in [0.3, 0.4) is 0 Å². The first kappa shape index (κ1) is 16.1. The standard InChI is InChI=1S/C19H21N3O2/c1-2-8-17-18(23)21-15-11-6-7-12-16(15)22(17)19(24)20-13-14-9-4-3-5-10-14/h3-7,9-12,17H,2,8,13H2,1H3,(H,20,24)(H,21,23)/t17-/m0/s1. The predicted octanol–water partition coefficient (Wildman–Crippen LogP) is 3.52. The SMILES string of the molecule is CCC[C@H]1C(=O)Nc2ccccc2N1C(=O)NCc1ccccc1. The van der Waals surface area contributed by atoms with Gasteiger partial charge in [-0.1, -0.05) is 55.8 Å². The molecule has 2 aromatic carbocycles. The molecule has 2 N–H and O–H groups in total. The summed E-state index contributed by atoms with van der Waals surface area (Å²) in [6, 6.07) is 16.4. The maximum absolute atomic E-state index is 12.8. The first-order valence-corrected chi connectivity index (χ1v) is 8.21. The predicted molar refractivity (Wildman–Crippen MR) is 94.9 cm³/mol. The van der Waals surface area contributed by atoms with E-state index in [4.69, 9.17) is 0 Å². The van der Waals surface area contributed by atoms with Crippen LogP contribution in [-0.4, -0.2) is 18.0 Å². The van der Waals surface area contributed by atoms with Gasteiger partial charge < -0.3 is 10.6 Å². The molecule has 0 spiro atoms. The van der Waals surface area contributed by atoms with Crippen molar-refractivity contribution in [2.45, 2.75) is 32.4 Å². The normalized spacial score (nSPS) is 16.3. The highest BCUT2D eigenvalue weighted by molar-refractivity contribution is 6.11. The first-order chi connectivity index (χ1) is 11.7. The molecule has 1 atom stereocenters. The Balaban J connectivity index is 1.84. The van der Waals surface area contributed by atoms with Crippen LogP contribution in [0.25, 0.3) is 0 Å². The van der Waals surface area contributed by atoms with Crippen molar-refractivity contribution >= 4 is 23.3 Å². The van der Waals surface area contributed by atoms with Gasteiger partial charge in [0.15, 0.2) is 0 Å². The van der Waals surface area contributed by atoms with E-state index in [0.29, 0.717) is 18.7 Å². The summed E-state index contributed by atoms with van der Waals surface area (Å²) in [5.41, 5.74) is 2.43. The van der Waals surface area contributed by atoms with Crippen molar-refractivity contribution in [2.75, 3.05) is 10.2 Å². The molecule has 0 saturated heterocycles. The van der Waals surface area contributed by atoms with Gasteiger partial charge in [-0.15, -0.1) is 0 Å². The second kappa shape index (κ2) is 7.17. The zero-order valence-corrected chi connectivity index (χ0v) is 13.7. The van der Waals surface area contributed by atoms with Crippen LogP contribution in [0, 0.1) is 0 Å².